The number of fused-ring (bicyclic) bond motifs is 12. The summed E-state index contributed by atoms with van der Waals surface area (Å²) in [5.41, 5.74) is 9.33. The summed E-state index contributed by atoms with van der Waals surface area (Å²) >= 11 is 1.82. The molecule has 11 rings (SSSR count). The molecule has 0 saturated carbocycles. The first-order valence-corrected chi connectivity index (χ1v) is 17.6. The van der Waals surface area contributed by atoms with Crippen molar-refractivity contribution in [3.8, 4) is 11.1 Å². The number of nitrogens with zero attached hydrogens (tertiary/aromatic N) is 1. The Hall–Kier alpha value is -6.36. The Morgan fingerprint density at radius 3 is 1.94 bits per heavy atom. The molecule has 0 aliphatic carbocycles. The van der Waals surface area contributed by atoms with Crippen molar-refractivity contribution >= 4 is 103 Å². The highest BCUT2D eigenvalue weighted by molar-refractivity contribution is 7.26. The van der Waals surface area contributed by atoms with Gasteiger partial charge in [-0.05, 0) is 89.3 Å². The molecule has 0 radical (unpaired) electrons. The van der Waals surface area contributed by atoms with Gasteiger partial charge in [0.15, 0.2) is 0 Å². The molecular weight excluding hydrogens is 631 g/mol. The number of hydrogen-bond acceptors (Lipinski definition) is 4. The molecule has 50 heavy (non-hydrogen) atoms. The number of benzene rings is 8. The first-order valence-electron chi connectivity index (χ1n) is 16.8. The lowest BCUT2D eigenvalue weighted by atomic mass is 10.0. The van der Waals surface area contributed by atoms with Crippen molar-refractivity contribution in [2.45, 2.75) is 0 Å². The van der Waals surface area contributed by atoms with E-state index in [0.717, 1.165) is 77.5 Å². The summed E-state index contributed by atoms with van der Waals surface area (Å²) in [6, 6.07) is 58.3. The fourth-order valence-corrected chi connectivity index (χ4v) is 8.82. The summed E-state index contributed by atoms with van der Waals surface area (Å²) in [7, 11) is 0. The molecule has 0 bridgehead atoms. The van der Waals surface area contributed by atoms with Gasteiger partial charge in [-0.3, -0.25) is 0 Å². The van der Waals surface area contributed by atoms with Gasteiger partial charge in [-0.15, -0.1) is 11.3 Å². The highest BCUT2D eigenvalue weighted by atomic mass is 32.1. The minimum absolute atomic E-state index is 0.906. The molecule has 3 nitrogen and oxygen atoms in total. The predicted molar refractivity (Wildman–Crippen MR) is 212 cm³/mol. The number of anilines is 3. The zero-order chi connectivity index (χ0) is 32.8. The number of thiophene rings is 1. The number of furan rings is 2. The molecular formula is C46H27NO2S. The maximum atomic E-state index is 6.74. The summed E-state index contributed by atoms with van der Waals surface area (Å²) in [5.74, 6) is 0. The summed E-state index contributed by atoms with van der Waals surface area (Å²) in [6.45, 7) is 0. The van der Waals surface area contributed by atoms with Gasteiger partial charge in [0.1, 0.15) is 22.3 Å². The lowest BCUT2D eigenvalue weighted by Crippen LogP contribution is -2.09. The largest absolute Gasteiger partial charge is 0.456 e. The van der Waals surface area contributed by atoms with E-state index in [1.165, 1.54) is 25.6 Å². The van der Waals surface area contributed by atoms with Crippen LogP contribution in [0.5, 0.6) is 0 Å². The van der Waals surface area contributed by atoms with Crippen LogP contribution in [-0.4, -0.2) is 0 Å². The van der Waals surface area contributed by atoms with Gasteiger partial charge >= 0.3 is 0 Å². The molecule has 0 fully saturated rings. The molecule has 0 N–H and O–H groups in total. The summed E-state index contributed by atoms with van der Waals surface area (Å²) in [5, 5.41) is 9.35. The molecule has 0 aliphatic rings. The van der Waals surface area contributed by atoms with Crippen molar-refractivity contribution in [3.05, 3.63) is 164 Å². The molecule has 0 unspecified atom stereocenters. The van der Waals surface area contributed by atoms with Crippen LogP contribution in [-0.2, 0) is 0 Å². The van der Waals surface area contributed by atoms with Gasteiger partial charge < -0.3 is 13.7 Å². The maximum absolute atomic E-state index is 6.74. The Morgan fingerprint density at radius 1 is 0.380 bits per heavy atom. The first kappa shape index (κ1) is 27.6. The Morgan fingerprint density at radius 2 is 1.04 bits per heavy atom. The lowest BCUT2D eigenvalue weighted by Gasteiger charge is -2.25. The van der Waals surface area contributed by atoms with Gasteiger partial charge in [0.2, 0.25) is 0 Å². The van der Waals surface area contributed by atoms with Gasteiger partial charge in [0.25, 0.3) is 0 Å². The molecule has 8 aromatic carbocycles. The van der Waals surface area contributed by atoms with Crippen LogP contribution in [0.4, 0.5) is 17.1 Å². The summed E-state index contributed by atoms with van der Waals surface area (Å²) in [4.78, 5) is 2.33. The van der Waals surface area contributed by atoms with Crippen LogP contribution in [0.1, 0.15) is 0 Å². The van der Waals surface area contributed by atoms with Gasteiger partial charge in [-0.2, -0.15) is 0 Å². The Balaban J connectivity index is 1.03. The van der Waals surface area contributed by atoms with E-state index < -0.39 is 0 Å². The van der Waals surface area contributed by atoms with Crippen LogP contribution in [0.25, 0.3) is 85.9 Å². The monoisotopic (exact) mass is 657 g/mol. The molecule has 0 spiro atoms. The van der Waals surface area contributed by atoms with Crippen LogP contribution in [0.3, 0.4) is 0 Å². The molecule has 11 aromatic rings. The highest BCUT2D eigenvalue weighted by Gasteiger charge is 2.19. The van der Waals surface area contributed by atoms with Crippen LogP contribution in [0.15, 0.2) is 173 Å². The van der Waals surface area contributed by atoms with E-state index >= 15 is 0 Å². The van der Waals surface area contributed by atoms with E-state index in [1.54, 1.807) is 0 Å². The number of rotatable bonds is 4. The Kier molecular flexibility index (Phi) is 5.83. The van der Waals surface area contributed by atoms with Crippen molar-refractivity contribution in [1.29, 1.82) is 0 Å². The van der Waals surface area contributed by atoms with Crippen LogP contribution in [0, 0.1) is 0 Å². The summed E-state index contributed by atoms with van der Waals surface area (Å²) < 4.78 is 15.4. The van der Waals surface area contributed by atoms with Crippen LogP contribution < -0.4 is 4.90 Å². The maximum Gasteiger partial charge on any atom is 0.144 e. The smallest absolute Gasteiger partial charge is 0.144 e. The normalized spacial score (nSPS) is 12.0. The van der Waals surface area contributed by atoms with Crippen molar-refractivity contribution in [2.75, 3.05) is 4.90 Å². The molecule has 3 heterocycles. The highest BCUT2D eigenvalue weighted by Crippen LogP contribution is 2.45. The molecule has 3 aromatic heterocycles. The SMILES string of the molecule is c1ccc(N(c2ccc(-c3ccc4c(c3)oc3ccccc34)cc2)c2ccc3c(c2)sc2ccc4c5ccc6ccccc6c5oc4c23)cc1. The molecule has 0 amide bonds. The van der Waals surface area contributed by atoms with Gasteiger partial charge in [0.05, 0.1) is 0 Å². The average Bonchev–Trinajstić information content (AvgIpc) is 3.86. The molecule has 4 heteroatoms. The second-order valence-corrected chi connectivity index (χ2v) is 14.0. The first-order chi connectivity index (χ1) is 24.8. The zero-order valence-corrected chi connectivity index (χ0v) is 27.6. The van der Waals surface area contributed by atoms with Crippen molar-refractivity contribution in [2.24, 2.45) is 0 Å². The number of hydrogen-bond donors (Lipinski definition) is 0. The standard InChI is InChI=1S/C46H27NO2S/c1-2-9-31(10-3-1)47(32-18-14-28(15-19-32)30-17-21-36-35-12-6-7-13-40(35)48-41(36)26-30)33-20-23-39-43(27-33)50-42-25-24-38-37-22-16-29-8-4-5-11-34(29)45(37)49-46(38)44(39)42/h1-27H. The van der Waals surface area contributed by atoms with E-state index in [1.807, 2.05) is 23.5 Å². The molecule has 0 saturated heterocycles. The van der Waals surface area contributed by atoms with Gasteiger partial charge in [0, 0.05) is 64.2 Å². The van der Waals surface area contributed by atoms with Crippen LogP contribution in [0.2, 0.25) is 0 Å². The number of para-hydroxylation sites is 2. The van der Waals surface area contributed by atoms with E-state index in [4.69, 9.17) is 8.83 Å². The molecule has 0 aliphatic heterocycles. The van der Waals surface area contributed by atoms with Gasteiger partial charge in [-0.1, -0.05) is 91.0 Å². The third kappa shape index (κ3) is 4.09. The van der Waals surface area contributed by atoms with E-state index in [-0.39, 0.29) is 0 Å². The average molecular weight is 658 g/mol. The summed E-state index contributed by atoms with van der Waals surface area (Å²) in [6.07, 6.45) is 0. The van der Waals surface area contributed by atoms with E-state index in [2.05, 4.69) is 157 Å². The van der Waals surface area contributed by atoms with Crippen molar-refractivity contribution in [3.63, 3.8) is 0 Å². The molecule has 0 atom stereocenters. The van der Waals surface area contributed by atoms with Crippen molar-refractivity contribution in [1.82, 2.24) is 0 Å². The second-order valence-electron chi connectivity index (χ2n) is 12.9. The van der Waals surface area contributed by atoms with E-state index in [9.17, 15) is 0 Å². The third-order valence-corrected chi connectivity index (χ3v) is 11.2. The fraction of sp³-hybridized carbons (Fsp3) is 0. The predicted octanol–water partition coefficient (Wildman–Crippen LogP) is 14.1. The van der Waals surface area contributed by atoms with Gasteiger partial charge in [-0.25, -0.2) is 0 Å². The van der Waals surface area contributed by atoms with Crippen molar-refractivity contribution < 1.29 is 8.83 Å². The van der Waals surface area contributed by atoms with Crippen LogP contribution >= 0.6 is 11.3 Å². The fourth-order valence-electron chi connectivity index (χ4n) is 7.68. The minimum atomic E-state index is 0.906. The lowest BCUT2D eigenvalue weighted by molar-refractivity contribution is 0.669. The van der Waals surface area contributed by atoms with E-state index in [0.29, 0.717) is 0 Å². The third-order valence-electron chi connectivity index (χ3n) is 10.1. The Bertz CT molecular complexity index is 3090. The zero-order valence-electron chi connectivity index (χ0n) is 26.8. The second kappa shape index (κ2) is 10.6. The topological polar surface area (TPSA) is 29.5 Å². The molecule has 234 valence electrons. The quantitative estimate of drug-likeness (QED) is 0.189. The minimum Gasteiger partial charge on any atom is -0.456 e. The Labute approximate surface area is 290 Å².